The molecule has 4 heteroatoms. The fraction of sp³-hybridized carbons (Fsp3) is 0.786. The van der Waals surface area contributed by atoms with E-state index in [0.29, 0.717) is 18.0 Å². The van der Waals surface area contributed by atoms with Crippen LogP contribution in [0.3, 0.4) is 0 Å². The van der Waals surface area contributed by atoms with Crippen molar-refractivity contribution in [2.75, 3.05) is 27.2 Å². The van der Waals surface area contributed by atoms with Gasteiger partial charge >= 0.3 is 0 Å². The molecule has 1 aliphatic rings. The monoisotopic (exact) mass is 250 g/mol. The van der Waals surface area contributed by atoms with Gasteiger partial charge in [-0.1, -0.05) is 0 Å². The third-order valence-corrected chi connectivity index (χ3v) is 3.97. The maximum Gasteiger partial charge on any atom is 0.0537 e. The van der Waals surface area contributed by atoms with E-state index in [-0.39, 0.29) is 0 Å². The summed E-state index contributed by atoms with van der Waals surface area (Å²) in [6.07, 6.45) is 6.88. The first-order valence-corrected chi connectivity index (χ1v) is 7.02. The van der Waals surface area contributed by atoms with E-state index >= 15 is 0 Å². The number of hydrogen-bond acceptors (Lipinski definition) is 3. The van der Waals surface area contributed by atoms with Crippen molar-refractivity contribution in [3.05, 3.63) is 18.0 Å². The van der Waals surface area contributed by atoms with Crippen LogP contribution in [0.4, 0.5) is 0 Å². The number of likely N-dealkylation sites (tertiary alicyclic amines) is 1. The van der Waals surface area contributed by atoms with Crippen LogP contribution in [-0.4, -0.2) is 41.9 Å². The van der Waals surface area contributed by atoms with Crippen molar-refractivity contribution in [1.82, 2.24) is 20.0 Å². The van der Waals surface area contributed by atoms with E-state index in [9.17, 15) is 0 Å². The van der Waals surface area contributed by atoms with Crippen LogP contribution in [0.5, 0.6) is 0 Å². The van der Waals surface area contributed by atoms with Crippen molar-refractivity contribution in [3.63, 3.8) is 0 Å². The van der Waals surface area contributed by atoms with Gasteiger partial charge in [0.25, 0.3) is 0 Å². The maximum atomic E-state index is 4.49. The fourth-order valence-corrected chi connectivity index (χ4v) is 3.05. The molecule has 0 aliphatic carbocycles. The van der Waals surface area contributed by atoms with E-state index in [2.05, 4.69) is 53.3 Å². The average molecular weight is 250 g/mol. The van der Waals surface area contributed by atoms with Gasteiger partial charge < -0.3 is 5.32 Å². The highest BCUT2D eigenvalue weighted by molar-refractivity contribution is 5.13. The third kappa shape index (κ3) is 2.75. The van der Waals surface area contributed by atoms with Gasteiger partial charge in [-0.3, -0.25) is 9.58 Å². The first-order chi connectivity index (χ1) is 8.63. The Morgan fingerprint density at radius 1 is 1.50 bits per heavy atom. The molecule has 2 atom stereocenters. The summed E-state index contributed by atoms with van der Waals surface area (Å²) >= 11 is 0. The lowest BCUT2D eigenvalue weighted by molar-refractivity contribution is 0.121. The van der Waals surface area contributed by atoms with E-state index in [4.69, 9.17) is 0 Å². The van der Waals surface area contributed by atoms with Crippen LogP contribution in [-0.2, 0) is 0 Å². The van der Waals surface area contributed by atoms with Crippen LogP contribution in [0.1, 0.15) is 44.3 Å². The molecule has 18 heavy (non-hydrogen) atoms. The van der Waals surface area contributed by atoms with Crippen LogP contribution in [0.25, 0.3) is 0 Å². The Bertz CT molecular complexity index is 370. The Hall–Kier alpha value is -0.870. The van der Waals surface area contributed by atoms with Gasteiger partial charge in [-0.2, -0.15) is 5.10 Å². The predicted molar refractivity (Wildman–Crippen MR) is 74.6 cm³/mol. The average Bonchev–Trinajstić information content (AvgIpc) is 2.79. The van der Waals surface area contributed by atoms with Crippen molar-refractivity contribution in [3.8, 4) is 0 Å². The molecule has 0 saturated carbocycles. The van der Waals surface area contributed by atoms with Crippen LogP contribution >= 0.6 is 0 Å². The van der Waals surface area contributed by atoms with E-state index in [1.54, 1.807) is 0 Å². The molecule has 4 nitrogen and oxygen atoms in total. The van der Waals surface area contributed by atoms with Crippen LogP contribution in [0.15, 0.2) is 12.4 Å². The lowest BCUT2D eigenvalue weighted by atomic mass is 9.86. The summed E-state index contributed by atoms with van der Waals surface area (Å²) in [5.74, 6) is 0.693. The molecule has 0 bridgehead atoms. The molecule has 1 aromatic heterocycles. The summed E-state index contributed by atoms with van der Waals surface area (Å²) < 4.78 is 2.06. The lowest BCUT2D eigenvalue weighted by Crippen LogP contribution is -2.39. The minimum Gasteiger partial charge on any atom is -0.319 e. The number of aromatic nitrogens is 2. The van der Waals surface area contributed by atoms with Crippen molar-refractivity contribution < 1.29 is 0 Å². The molecule has 0 aromatic carbocycles. The third-order valence-electron chi connectivity index (χ3n) is 3.97. The second-order valence-electron chi connectivity index (χ2n) is 5.73. The van der Waals surface area contributed by atoms with Crippen LogP contribution < -0.4 is 5.32 Å². The molecular weight excluding hydrogens is 224 g/mol. The van der Waals surface area contributed by atoms with Gasteiger partial charge in [0.1, 0.15) is 0 Å². The van der Waals surface area contributed by atoms with Gasteiger partial charge in [0, 0.05) is 23.8 Å². The zero-order valence-corrected chi connectivity index (χ0v) is 12.1. The molecule has 2 unspecified atom stereocenters. The second-order valence-corrected chi connectivity index (χ2v) is 5.73. The highest BCUT2D eigenvalue weighted by Gasteiger charge is 2.30. The molecule has 0 radical (unpaired) electrons. The van der Waals surface area contributed by atoms with E-state index in [0.717, 1.165) is 6.54 Å². The lowest BCUT2D eigenvalue weighted by Gasteiger charge is -2.38. The number of nitrogens with zero attached hydrogens (tertiary/aromatic N) is 3. The highest BCUT2D eigenvalue weighted by Crippen LogP contribution is 2.34. The molecule has 1 N–H and O–H groups in total. The van der Waals surface area contributed by atoms with Crippen LogP contribution in [0.2, 0.25) is 0 Å². The Morgan fingerprint density at radius 2 is 2.28 bits per heavy atom. The van der Waals surface area contributed by atoms with Crippen molar-refractivity contribution >= 4 is 0 Å². The topological polar surface area (TPSA) is 33.1 Å². The fourth-order valence-electron chi connectivity index (χ4n) is 3.05. The summed E-state index contributed by atoms with van der Waals surface area (Å²) in [4.78, 5) is 2.48. The summed E-state index contributed by atoms with van der Waals surface area (Å²) in [6, 6.07) is 0.953. The van der Waals surface area contributed by atoms with E-state index < -0.39 is 0 Å². The predicted octanol–water partition coefficient (Wildman–Crippen LogP) is 2.07. The molecular formula is C14H26N4. The van der Waals surface area contributed by atoms with Gasteiger partial charge in [0.05, 0.1) is 6.20 Å². The zero-order chi connectivity index (χ0) is 13.1. The molecule has 1 aliphatic heterocycles. The molecule has 2 heterocycles. The maximum absolute atomic E-state index is 4.49. The first-order valence-electron chi connectivity index (χ1n) is 7.02. The van der Waals surface area contributed by atoms with Crippen molar-refractivity contribution in [2.45, 2.75) is 38.8 Å². The van der Waals surface area contributed by atoms with Crippen molar-refractivity contribution in [1.29, 1.82) is 0 Å². The first kappa shape index (κ1) is 13.6. The van der Waals surface area contributed by atoms with Crippen molar-refractivity contribution in [2.24, 2.45) is 5.92 Å². The Morgan fingerprint density at radius 3 is 2.89 bits per heavy atom. The van der Waals surface area contributed by atoms with Crippen LogP contribution in [0, 0.1) is 5.92 Å². The number of nitrogens with one attached hydrogen (secondary N) is 1. The Kier molecular flexibility index (Phi) is 4.40. The molecule has 102 valence electrons. The second kappa shape index (κ2) is 5.85. The summed E-state index contributed by atoms with van der Waals surface area (Å²) in [5.41, 5.74) is 1.37. The summed E-state index contributed by atoms with van der Waals surface area (Å²) in [7, 11) is 4.28. The largest absolute Gasteiger partial charge is 0.319 e. The number of hydrogen-bond donors (Lipinski definition) is 1. The summed E-state index contributed by atoms with van der Waals surface area (Å²) in [5, 5.41) is 7.82. The smallest absolute Gasteiger partial charge is 0.0537 e. The minimum absolute atomic E-state index is 0.440. The molecule has 2 rings (SSSR count). The Balaban J connectivity index is 2.19. The Labute approximate surface area is 110 Å². The van der Waals surface area contributed by atoms with Gasteiger partial charge in [0.15, 0.2) is 0 Å². The zero-order valence-electron chi connectivity index (χ0n) is 12.1. The highest BCUT2D eigenvalue weighted by atomic mass is 15.3. The SMILES string of the molecule is CNCC1CCCN(C)C1c1cnn(C(C)C)c1. The number of rotatable bonds is 4. The summed E-state index contributed by atoms with van der Waals surface area (Å²) in [6.45, 7) is 6.62. The minimum atomic E-state index is 0.440. The molecule has 1 fully saturated rings. The van der Waals surface area contributed by atoms with Gasteiger partial charge in [0.2, 0.25) is 0 Å². The van der Waals surface area contributed by atoms with E-state index in [1.807, 2.05) is 7.05 Å². The molecule has 1 saturated heterocycles. The standard InChI is InChI=1S/C14H26N4/c1-11(2)18-10-13(9-16-18)14-12(8-15-3)6-5-7-17(14)4/h9-12,14-15H,5-8H2,1-4H3. The number of piperidine rings is 1. The van der Waals surface area contributed by atoms with Gasteiger partial charge in [-0.05, 0) is 59.8 Å². The van der Waals surface area contributed by atoms with Gasteiger partial charge in [-0.15, -0.1) is 0 Å². The molecule has 1 aromatic rings. The quantitative estimate of drug-likeness (QED) is 0.888. The van der Waals surface area contributed by atoms with E-state index in [1.165, 1.54) is 24.9 Å². The normalized spacial score (nSPS) is 25.8. The molecule has 0 spiro atoms. The molecule has 0 amide bonds. The van der Waals surface area contributed by atoms with Gasteiger partial charge in [-0.25, -0.2) is 0 Å².